The molecule has 0 radical (unpaired) electrons. The van der Waals surface area contributed by atoms with Gasteiger partial charge in [0.25, 0.3) is 0 Å². The molecule has 13 atom stereocenters. The van der Waals surface area contributed by atoms with Gasteiger partial charge in [0.2, 0.25) is 0 Å². The van der Waals surface area contributed by atoms with Crippen LogP contribution in [0.25, 0.3) is 0 Å². The van der Waals surface area contributed by atoms with Crippen molar-refractivity contribution in [1.82, 2.24) is 0 Å². The molecule has 38 heavy (non-hydrogen) atoms. The Morgan fingerprint density at radius 2 is 1.79 bits per heavy atom. The number of ether oxygens (including phenoxy) is 2. The summed E-state index contributed by atoms with van der Waals surface area (Å²) in [4.78, 5) is 12.7. The van der Waals surface area contributed by atoms with E-state index in [1.807, 2.05) is 0 Å². The minimum Gasteiger partial charge on any atom is -0.390 e. The number of Topliss-reactive ketones (excluding diaryl/α,β-unsaturated/α-hetero) is 1. The number of carbonyl (C=O) groups excluding carboxylic acids is 1. The fraction of sp³-hybridized carbons (Fsp3) is 0.909. The number of ketones is 1. The Labute approximate surface area is 229 Å². The number of aliphatic hydroxyl groups is 2. The van der Waals surface area contributed by atoms with Crippen LogP contribution >= 0.6 is 0 Å². The van der Waals surface area contributed by atoms with Crippen LogP contribution in [0.2, 0.25) is 0 Å². The Kier molecular flexibility index (Phi) is 5.78. The van der Waals surface area contributed by atoms with Crippen LogP contribution in [0.4, 0.5) is 0 Å². The predicted octanol–water partition coefficient (Wildman–Crippen LogP) is 5.47. The highest BCUT2D eigenvalue weighted by atomic mass is 16.6. The van der Waals surface area contributed by atoms with Gasteiger partial charge in [-0.25, -0.2) is 0 Å². The van der Waals surface area contributed by atoms with E-state index >= 15 is 0 Å². The normalized spacial score (nSPS) is 55.8. The second-order valence-corrected chi connectivity index (χ2v) is 16.0. The number of epoxide rings is 1. The van der Waals surface area contributed by atoms with Gasteiger partial charge in [-0.15, -0.1) is 0 Å². The summed E-state index contributed by atoms with van der Waals surface area (Å²) in [5.41, 5.74) is 2.12. The molecule has 212 valence electrons. The summed E-state index contributed by atoms with van der Waals surface area (Å²) in [7, 11) is 0. The molecule has 2 heterocycles. The Morgan fingerprint density at radius 1 is 1.00 bits per heavy atom. The van der Waals surface area contributed by atoms with Crippen molar-refractivity contribution >= 4 is 5.78 Å². The van der Waals surface area contributed by atoms with E-state index in [4.69, 9.17) is 9.47 Å². The average Bonchev–Trinajstić information content (AvgIpc) is 3.67. The molecule has 6 fully saturated rings. The summed E-state index contributed by atoms with van der Waals surface area (Å²) in [6.07, 6.45) is 11.1. The van der Waals surface area contributed by atoms with Crippen LogP contribution in [-0.2, 0) is 14.3 Å². The fourth-order valence-corrected chi connectivity index (χ4v) is 11.6. The minimum absolute atomic E-state index is 0.00926. The Balaban J connectivity index is 1.24. The summed E-state index contributed by atoms with van der Waals surface area (Å²) in [5, 5.41) is 23.1. The lowest BCUT2D eigenvalue weighted by Gasteiger charge is -2.67. The maximum absolute atomic E-state index is 12.7. The van der Waals surface area contributed by atoms with Gasteiger partial charge >= 0.3 is 0 Å². The van der Waals surface area contributed by atoms with Crippen molar-refractivity contribution in [1.29, 1.82) is 0 Å². The molecule has 0 amide bonds. The van der Waals surface area contributed by atoms with Crippen molar-refractivity contribution in [2.45, 2.75) is 129 Å². The van der Waals surface area contributed by atoms with Crippen LogP contribution in [-0.4, -0.2) is 53.1 Å². The molecule has 0 bridgehead atoms. The third-order valence-electron chi connectivity index (χ3n) is 13.9. The molecule has 0 aromatic carbocycles. The van der Waals surface area contributed by atoms with Gasteiger partial charge in [0, 0.05) is 17.8 Å². The number of aliphatic hydroxyl groups excluding tert-OH is 2. The van der Waals surface area contributed by atoms with Gasteiger partial charge in [-0.3, -0.25) is 4.79 Å². The van der Waals surface area contributed by atoms with Gasteiger partial charge in [0.1, 0.15) is 30.2 Å². The lowest BCUT2D eigenvalue weighted by atomic mass is 9.38. The maximum Gasteiger partial charge on any atom is 0.136 e. The van der Waals surface area contributed by atoms with Gasteiger partial charge in [-0.2, -0.15) is 0 Å². The first-order chi connectivity index (χ1) is 17.9. The monoisotopic (exact) mass is 526 g/mol. The molecule has 7 aliphatic rings. The van der Waals surface area contributed by atoms with Crippen LogP contribution < -0.4 is 0 Å². The van der Waals surface area contributed by atoms with Gasteiger partial charge in [-0.1, -0.05) is 46.3 Å². The van der Waals surface area contributed by atoms with Crippen molar-refractivity contribution < 1.29 is 24.5 Å². The Bertz CT molecular complexity index is 1030. The molecule has 0 aromatic heterocycles. The molecular formula is C33H50O5. The smallest absolute Gasteiger partial charge is 0.136 e. The van der Waals surface area contributed by atoms with Crippen molar-refractivity contribution in [2.24, 2.45) is 51.2 Å². The van der Waals surface area contributed by atoms with E-state index in [-0.39, 0.29) is 39.8 Å². The lowest BCUT2D eigenvalue weighted by molar-refractivity contribution is -0.192. The Morgan fingerprint density at radius 3 is 2.58 bits per heavy atom. The van der Waals surface area contributed by atoms with Gasteiger partial charge in [0.15, 0.2) is 0 Å². The highest BCUT2D eigenvalue weighted by Gasteiger charge is 2.66. The molecule has 13 unspecified atom stereocenters. The van der Waals surface area contributed by atoms with E-state index in [0.29, 0.717) is 36.1 Å². The van der Waals surface area contributed by atoms with Crippen LogP contribution in [0.5, 0.6) is 0 Å². The molecule has 0 aromatic rings. The van der Waals surface area contributed by atoms with E-state index < -0.39 is 18.3 Å². The first-order valence-electron chi connectivity index (χ1n) is 15.8. The SMILES string of the molecule is CC1C(=O)CCC2(C)C1CCC1(C)C3CCC4(C(O)C5OCC6OC6C5O)CCC(C)(C)CC4C3=CCC12. The highest BCUT2D eigenvalue weighted by Crippen LogP contribution is 2.71. The van der Waals surface area contributed by atoms with E-state index in [0.717, 1.165) is 51.4 Å². The zero-order valence-corrected chi connectivity index (χ0v) is 24.2. The van der Waals surface area contributed by atoms with Gasteiger partial charge < -0.3 is 19.7 Å². The first-order valence-corrected chi connectivity index (χ1v) is 15.8. The van der Waals surface area contributed by atoms with Gasteiger partial charge in [0.05, 0.1) is 12.7 Å². The number of fused-ring (bicyclic) bond motifs is 8. The van der Waals surface area contributed by atoms with E-state index in [1.165, 1.54) is 12.8 Å². The number of hydrogen-bond acceptors (Lipinski definition) is 5. The van der Waals surface area contributed by atoms with Crippen LogP contribution in [0, 0.1) is 51.2 Å². The van der Waals surface area contributed by atoms with Crippen LogP contribution in [0.3, 0.4) is 0 Å². The zero-order valence-electron chi connectivity index (χ0n) is 24.2. The molecule has 5 heteroatoms. The van der Waals surface area contributed by atoms with Crippen molar-refractivity contribution in [3.8, 4) is 0 Å². The molecule has 0 spiro atoms. The molecular weight excluding hydrogens is 476 g/mol. The molecule has 4 saturated carbocycles. The molecule has 2 saturated heterocycles. The van der Waals surface area contributed by atoms with Crippen molar-refractivity contribution in [2.75, 3.05) is 6.61 Å². The largest absolute Gasteiger partial charge is 0.390 e. The molecule has 5 nitrogen and oxygen atoms in total. The van der Waals surface area contributed by atoms with Crippen LogP contribution in [0.15, 0.2) is 11.6 Å². The average molecular weight is 527 g/mol. The van der Waals surface area contributed by atoms with E-state index in [9.17, 15) is 15.0 Å². The van der Waals surface area contributed by atoms with Crippen molar-refractivity contribution in [3.05, 3.63) is 11.6 Å². The molecule has 2 N–H and O–H groups in total. The number of rotatable bonds is 2. The molecule has 2 aliphatic heterocycles. The van der Waals surface area contributed by atoms with E-state index in [2.05, 4.69) is 40.7 Å². The summed E-state index contributed by atoms with van der Waals surface area (Å²) < 4.78 is 11.7. The predicted molar refractivity (Wildman–Crippen MR) is 145 cm³/mol. The summed E-state index contributed by atoms with van der Waals surface area (Å²) in [5.74, 6) is 2.73. The van der Waals surface area contributed by atoms with Crippen LogP contribution in [0.1, 0.15) is 98.8 Å². The van der Waals surface area contributed by atoms with E-state index in [1.54, 1.807) is 5.57 Å². The standard InChI is InChI=1S/C33H50O5/c1-18-20-8-11-32(5)21-9-13-33(29(36)28-26(35)27-24(38-27)17-37-28)15-14-30(2,3)16-22(33)19(21)6-7-25(32)31(20,4)12-10-23(18)34/h6,18,20-22,24-29,35-36H,7-17H2,1-5H3. The third-order valence-corrected chi connectivity index (χ3v) is 13.9. The second-order valence-electron chi connectivity index (χ2n) is 16.0. The highest BCUT2D eigenvalue weighted by molar-refractivity contribution is 5.82. The summed E-state index contributed by atoms with van der Waals surface area (Å²) >= 11 is 0. The second kappa shape index (κ2) is 8.39. The first kappa shape index (κ1) is 26.2. The van der Waals surface area contributed by atoms with Gasteiger partial charge in [-0.05, 0) is 97.7 Å². The minimum atomic E-state index is -0.736. The topological polar surface area (TPSA) is 79.3 Å². The molecule has 5 aliphatic carbocycles. The lowest BCUT2D eigenvalue weighted by Crippen LogP contribution is -2.62. The number of allylic oxidation sites excluding steroid dienone is 2. The number of hydrogen-bond donors (Lipinski definition) is 2. The zero-order chi connectivity index (χ0) is 26.8. The molecule has 7 rings (SSSR count). The number of carbonyl (C=O) groups is 1. The third kappa shape index (κ3) is 3.46. The maximum atomic E-state index is 12.7. The summed E-state index contributed by atoms with van der Waals surface area (Å²) in [6.45, 7) is 12.6. The fourth-order valence-electron chi connectivity index (χ4n) is 11.6. The van der Waals surface area contributed by atoms with Crippen molar-refractivity contribution in [3.63, 3.8) is 0 Å². The quantitative estimate of drug-likeness (QED) is 0.369. The Hall–Kier alpha value is -0.750. The summed E-state index contributed by atoms with van der Waals surface area (Å²) in [6, 6.07) is 0.